The fourth-order valence-electron chi connectivity index (χ4n) is 1.90. The lowest BCUT2D eigenvalue weighted by molar-refractivity contribution is 0.290. The van der Waals surface area contributed by atoms with Crippen LogP contribution in [0.1, 0.15) is 28.3 Å². The molecular formula is C17H21NO. The monoisotopic (exact) mass is 255 g/mol. The summed E-state index contributed by atoms with van der Waals surface area (Å²) in [5.74, 6) is 0.880. The van der Waals surface area contributed by atoms with Crippen molar-refractivity contribution in [3.05, 3.63) is 64.7 Å². The fraction of sp³-hybridized carbons (Fsp3) is 0.294. The third-order valence-corrected chi connectivity index (χ3v) is 3.41. The van der Waals surface area contributed by atoms with E-state index >= 15 is 0 Å². The summed E-state index contributed by atoms with van der Waals surface area (Å²) in [6.07, 6.45) is 0. The Balaban J connectivity index is 1.98. The van der Waals surface area contributed by atoms with Crippen LogP contribution in [-0.2, 0) is 0 Å². The van der Waals surface area contributed by atoms with Crippen molar-refractivity contribution in [3.63, 3.8) is 0 Å². The maximum atomic E-state index is 6.14. The molecule has 1 unspecified atom stereocenters. The smallest absolute Gasteiger partial charge is 0.119 e. The van der Waals surface area contributed by atoms with Gasteiger partial charge in [-0.15, -0.1) is 0 Å². The average molecular weight is 255 g/mol. The highest BCUT2D eigenvalue weighted by Crippen LogP contribution is 2.18. The Morgan fingerprint density at radius 1 is 0.947 bits per heavy atom. The molecule has 0 amide bonds. The molecule has 2 aromatic rings. The maximum Gasteiger partial charge on any atom is 0.119 e. The second-order valence-electron chi connectivity index (χ2n) is 5.07. The van der Waals surface area contributed by atoms with E-state index in [0.717, 1.165) is 11.3 Å². The van der Waals surface area contributed by atoms with Gasteiger partial charge in [0.05, 0.1) is 6.04 Å². The van der Waals surface area contributed by atoms with Crippen molar-refractivity contribution in [3.8, 4) is 5.75 Å². The van der Waals surface area contributed by atoms with Crippen LogP contribution in [0.25, 0.3) is 0 Å². The Hall–Kier alpha value is -1.80. The van der Waals surface area contributed by atoms with Crippen molar-refractivity contribution in [1.82, 2.24) is 0 Å². The van der Waals surface area contributed by atoms with Gasteiger partial charge in [0.25, 0.3) is 0 Å². The molecule has 0 aliphatic carbocycles. The summed E-state index contributed by atoms with van der Waals surface area (Å²) in [6.45, 7) is 6.74. The molecule has 2 rings (SSSR count). The minimum absolute atomic E-state index is 0.0952. The summed E-state index contributed by atoms with van der Waals surface area (Å²) in [5, 5.41) is 0. The molecular weight excluding hydrogens is 234 g/mol. The lowest BCUT2D eigenvalue weighted by Gasteiger charge is -2.14. The second kappa shape index (κ2) is 5.89. The van der Waals surface area contributed by atoms with E-state index in [1.807, 2.05) is 6.07 Å². The Labute approximate surface area is 115 Å². The summed E-state index contributed by atoms with van der Waals surface area (Å²) in [5.41, 5.74) is 11.0. The maximum absolute atomic E-state index is 6.14. The highest BCUT2D eigenvalue weighted by Gasteiger charge is 2.07. The van der Waals surface area contributed by atoms with Crippen LogP contribution in [0.2, 0.25) is 0 Å². The molecule has 0 saturated heterocycles. The zero-order chi connectivity index (χ0) is 13.8. The molecule has 2 aromatic carbocycles. The molecule has 0 aliphatic rings. The SMILES string of the molecule is Cc1ccc(C(N)COc2ccc(C)c(C)c2)cc1. The van der Waals surface area contributed by atoms with Crippen LogP contribution in [0.5, 0.6) is 5.75 Å². The van der Waals surface area contributed by atoms with Crippen LogP contribution < -0.4 is 10.5 Å². The number of hydrogen-bond acceptors (Lipinski definition) is 2. The Morgan fingerprint density at radius 2 is 1.63 bits per heavy atom. The largest absolute Gasteiger partial charge is 0.492 e. The average Bonchev–Trinajstić information content (AvgIpc) is 2.40. The Kier molecular flexibility index (Phi) is 4.23. The van der Waals surface area contributed by atoms with E-state index in [4.69, 9.17) is 10.5 Å². The van der Waals surface area contributed by atoms with Crippen molar-refractivity contribution in [2.75, 3.05) is 6.61 Å². The molecule has 0 fully saturated rings. The number of aryl methyl sites for hydroxylation is 3. The van der Waals surface area contributed by atoms with E-state index < -0.39 is 0 Å². The highest BCUT2D eigenvalue weighted by molar-refractivity contribution is 5.34. The van der Waals surface area contributed by atoms with E-state index in [-0.39, 0.29) is 6.04 Å². The van der Waals surface area contributed by atoms with Crippen LogP contribution in [0, 0.1) is 20.8 Å². The van der Waals surface area contributed by atoms with Gasteiger partial charge in [-0.1, -0.05) is 35.9 Å². The van der Waals surface area contributed by atoms with Gasteiger partial charge in [0.15, 0.2) is 0 Å². The topological polar surface area (TPSA) is 35.2 Å². The van der Waals surface area contributed by atoms with E-state index in [1.54, 1.807) is 0 Å². The van der Waals surface area contributed by atoms with Gasteiger partial charge >= 0.3 is 0 Å². The quantitative estimate of drug-likeness (QED) is 0.904. The standard InChI is InChI=1S/C17H21NO/c1-12-4-7-15(8-5-12)17(18)11-19-16-9-6-13(2)14(3)10-16/h4-10,17H,11,18H2,1-3H3. The van der Waals surface area contributed by atoms with Gasteiger partial charge in [0.2, 0.25) is 0 Å². The van der Waals surface area contributed by atoms with Crippen molar-refractivity contribution < 1.29 is 4.74 Å². The summed E-state index contributed by atoms with van der Waals surface area (Å²) in [7, 11) is 0. The van der Waals surface area contributed by atoms with Crippen molar-refractivity contribution in [2.24, 2.45) is 5.73 Å². The van der Waals surface area contributed by atoms with Gasteiger partial charge < -0.3 is 10.5 Å². The third kappa shape index (κ3) is 3.58. The molecule has 0 heterocycles. The van der Waals surface area contributed by atoms with Crippen molar-refractivity contribution in [2.45, 2.75) is 26.8 Å². The lowest BCUT2D eigenvalue weighted by Crippen LogP contribution is -2.19. The predicted octanol–water partition coefficient (Wildman–Crippen LogP) is 3.69. The molecule has 0 bridgehead atoms. The van der Waals surface area contributed by atoms with E-state index in [2.05, 4.69) is 57.2 Å². The summed E-state index contributed by atoms with van der Waals surface area (Å²) in [4.78, 5) is 0. The highest BCUT2D eigenvalue weighted by atomic mass is 16.5. The first-order chi connectivity index (χ1) is 9.06. The number of nitrogens with two attached hydrogens (primary N) is 1. The van der Waals surface area contributed by atoms with Crippen LogP contribution >= 0.6 is 0 Å². The molecule has 2 N–H and O–H groups in total. The third-order valence-electron chi connectivity index (χ3n) is 3.41. The summed E-state index contributed by atoms with van der Waals surface area (Å²) in [6, 6.07) is 14.3. The van der Waals surface area contributed by atoms with Gasteiger partial charge in [-0.05, 0) is 49.6 Å². The van der Waals surface area contributed by atoms with Gasteiger partial charge in [-0.25, -0.2) is 0 Å². The molecule has 0 radical (unpaired) electrons. The second-order valence-corrected chi connectivity index (χ2v) is 5.07. The van der Waals surface area contributed by atoms with Crippen LogP contribution in [0.3, 0.4) is 0 Å². The number of ether oxygens (including phenoxy) is 1. The first kappa shape index (κ1) is 13.6. The molecule has 2 heteroatoms. The lowest BCUT2D eigenvalue weighted by atomic mass is 10.1. The molecule has 0 spiro atoms. The van der Waals surface area contributed by atoms with E-state index in [1.165, 1.54) is 16.7 Å². The van der Waals surface area contributed by atoms with Gasteiger partial charge in [0, 0.05) is 0 Å². The number of rotatable bonds is 4. The molecule has 0 aliphatic heterocycles. The molecule has 0 saturated carbocycles. The molecule has 0 aromatic heterocycles. The molecule has 100 valence electrons. The fourth-order valence-corrected chi connectivity index (χ4v) is 1.90. The minimum atomic E-state index is -0.0952. The summed E-state index contributed by atoms with van der Waals surface area (Å²) >= 11 is 0. The van der Waals surface area contributed by atoms with Gasteiger partial charge in [0.1, 0.15) is 12.4 Å². The van der Waals surface area contributed by atoms with Gasteiger partial charge in [-0.2, -0.15) is 0 Å². The van der Waals surface area contributed by atoms with Crippen LogP contribution in [0.4, 0.5) is 0 Å². The first-order valence-electron chi connectivity index (χ1n) is 6.58. The van der Waals surface area contributed by atoms with E-state index in [9.17, 15) is 0 Å². The number of benzene rings is 2. The first-order valence-corrected chi connectivity index (χ1v) is 6.58. The molecule has 19 heavy (non-hydrogen) atoms. The zero-order valence-electron chi connectivity index (χ0n) is 11.8. The van der Waals surface area contributed by atoms with E-state index in [0.29, 0.717) is 6.61 Å². The van der Waals surface area contributed by atoms with Crippen LogP contribution in [0.15, 0.2) is 42.5 Å². The predicted molar refractivity (Wildman–Crippen MR) is 79.5 cm³/mol. The summed E-state index contributed by atoms with van der Waals surface area (Å²) < 4.78 is 5.76. The van der Waals surface area contributed by atoms with Crippen LogP contribution in [-0.4, -0.2) is 6.61 Å². The minimum Gasteiger partial charge on any atom is -0.492 e. The van der Waals surface area contributed by atoms with Gasteiger partial charge in [-0.3, -0.25) is 0 Å². The molecule has 1 atom stereocenters. The Morgan fingerprint density at radius 3 is 2.26 bits per heavy atom. The van der Waals surface area contributed by atoms with Crippen molar-refractivity contribution in [1.29, 1.82) is 0 Å². The zero-order valence-corrected chi connectivity index (χ0v) is 11.8. The van der Waals surface area contributed by atoms with Crippen molar-refractivity contribution >= 4 is 0 Å². The molecule has 2 nitrogen and oxygen atoms in total. The Bertz CT molecular complexity index is 546. The number of hydrogen-bond donors (Lipinski definition) is 1. The normalized spacial score (nSPS) is 12.2.